The van der Waals surface area contributed by atoms with Crippen molar-refractivity contribution in [3.63, 3.8) is 0 Å². The van der Waals surface area contributed by atoms with Gasteiger partial charge in [0.2, 0.25) is 11.8 Å². The van der Waals surface area contributed by atoms with Gasteiger partial charge < -0.3 is 20.1 Å². The van der Waals surface area contributed by atoms with Crippen LogP contribution in [-0.4, -0.2) is 35.4 Å². The molecule has 9 heteroatoms. The van der Waals surface area contributed by atoms with Crippen molar-refractivity contribution in [2.75, 3.05) is 24.9 Å². The first-order valence-corrected chi connectivity index (χ1v) is 10.7. The Balaban J connectivity index is 1.55. The van der Waals surface area contributed by atoms with E-state index in [0.29, 0.717) is 22.9 Å². The molecule has 0 spiro atoms. The number of anilines is 2. The molecule has 8 nitrogen and oxygen atoms in total. The van der Waals surface area contributed by atoms with E-state index in [1.54, 1.807) is 38.5 Å². The van der Waals surface area contributed by atoms with Crippen LogP contribution in [0.4, 0.5) is 11.4 Å². The predicted octanol–water partition coefficient (Wildman–Crippen LogP) is 4.22. The standard InChI is InChI=1S/C23H22N4O4S/c1-14(28)24-15-5-4-6-16(9-15)25-22(29)10-17-13-32-23-26-20(12-27(17)23)19-11-18(30-2)7-8-21(19)31-3/h4-9,11-13H,10H2,1-3H3,(H,24,28)(H,25,29). The number of nitrogens with one attached hydrogen (secondary N) is 2. The summed E-state index contributed by atoms with van der Waals surface area (Å²) in [5.41, 5.74) is 3.60. The lowest BCUT2D eigenvalue weighted by Crippen LogP contribution is -2.15. The summed E-state index contributed by atoms with van der Waals surface area (Å²) < 4.78 is 12.7. The number of thiazole rings is 1. The van der Waals surface area contributed by atoms with Gasteiger partial charge in [-0.25, -0.2) is 4.98 Å². The molecule has 0 radical (unpaired) electrons. The molecule has 2 aromatic carbocycles. The molecule has 0 unspecified atom stereocenters. The van der Waals surface area contributed by atoms with Crippen LogP contribution in [0.15, 0.2) is 54.0 Å². The van der Waals surface area contributed by atoms with E-state index >= 15 is 0 Å². The lowest BCUT2D eigenvalue weighted by atomic mass is 10.1. The van der Waals surface area contributed by atoms with Gasteiger partial charge in [0, 0.05) is 41.1 Å². The van der Waals surface area contributed by atoms with Crippen LogP contribution in [0.2, 0.25) is 0 Å². The summed E-state index contributed by atoms with van der Waals surface area (Å²) in [6, 6.07) is 12.6. The molecule has 2 N–H and O–H groups in total. The van der Waals surface area contributed by atoms with Gasteiger partial charge in [0.1, 0.15) is 11.5 Å². The molecule has 0 aliphatic heterocycles. The third kappa shape index (κ3) is 4.57. The fourth-order valence-electron chi connectivity index (χ4n) is 3.35. The Morgan fingerprint density at radius 2 is 1.84 bits per heavy atom. The zero-order chi connectivity index (χ0) is 22.7. The largest absolute Gasteiger partial charge is 0.497 e. The maximum Gasteiger partial charge on any atom is 0.230 e. The smallest absolute Gasteiger partial charge is 0.230 e. The lowest BCUT2D eigenvalue weighted by Gasteiger charge is -2.08. The maximum absolute atomic E-state index is 12.7. The number of rotatable bonds is 7. The highest BCUT2D eigenvalue weighted by molar-refractivity contribution is 7.15. The number of carbonyl (C=O) groups excluding carboxylic acids is 2. The van der Waals surface area contributed by atoms with Crippen molar-refractivity contribution in [1.82, 2.24) is 9.38 Å². The Hall–Kier alpha value is -3.85. The van der Waals surface area contributed by atoms with Crippen LogP contribution >= 0.6 is 11.3 Å². The van der Waals surface area contributed by atoms with Gasteiger partial charge in [0.15, 0.2) is 4.96 Å². The normalized spacial score (nSPS) is 10.7. The predicted molar refractivity (Wildman–Crippen MR) is 125 cm³/mol. The minimum atomic E-state index is -0.169. The number of amides is 2. The summed E-state index contributed by atoms with van der Waals surface area (Å²) in [6.45, 7) is 1.44. The molecule has 2 heterocycles. The zero-order valence-electron chi connectivity index (χ0n) is 17.8. The summed E-state index contributed by atoms with van der Waals surface area (Å²) >= 11 is 1.46. The average Bonchev–Trinajstić information content (AvgIpc) is 3.35. The van der Waals surface area contributed by atoms with Crippen molar-refractivity contribution in [3.8, 4) is 22.8 Å². The van der Waals surface area contributed by atoms with Gasteiger partial charge in [0.05, 0.1) is 26.3 Å². The van der Waals surface area contributed by atoms with Crippen molar-refractivity contribution in [2.24, 2.45) is 0 Å². The first kappa shape index (κ1) is 21.4. The molecule has 2 amide bonds. The van der Waals surface area contributed by atoms with Crippen molar-refractivity contribution in [3.05, 3.63) is 59.7 Å². The second-order valence-electron chi connectivity index (χ2n) is 7.06. The molecular weight excluding hydrogens is 428 g/mol. The molecule has 0 fully saturated rings. The van der Waals surface area contributed by atoms with E-state index in [2.05, 4.69) is 10.6 Å². The summed E-state index contributed by atoms with van der Waals surface area (Å²) in [5, 5.41) is 7.50. The van der Waals surface area contributed by atoms with Gasteiger partial charge in [-0.2, -0.15) is 0 Å². The summed E-state index contributed by atoms with van der Waals surface area (Å²) in [4.78, 5) is 29.4. The van der Waals surface area contributed by atoms with Crippen molar-refractivity contribution < 1.29 is 19.1 Å². The number of hydrogen-bond donors (Lipinski definition) is 2. The highest BCUT2D eigenvalue weighted by atomic mass is 32.1. The minimum Gasteiger partial charge on any atom is -0.497 e. The van der Waals surface area contributed by atoms with Crippen molar-refractivity contribution in [2.45, 2.75) is 13.3 Å². The monoisotopic (exact) mass is 450 g/mol. The van der Waals surface area contributed by atoms with Crippen molar-refractivity contribution in [1.29, 1.82) is 0 Å². The maximum atomic E-state index is 12.7. The second-order valence-corrected chi connectivity index (χ2v) is 7.90. The second kappa shape index (κ2) is 9.11. The van der Waals surface area contributed by atoms with E-state index in [-0.39, 0.29) is 18.2 Å². The first-order chi connectivity index (χ1) is 15.5. The molecule has 32 heavy (non-hydrogen) atoms. The van der Waals surface area contributed by atoms with Crippen LogP contribution in [0, 0.1) is 0 Å². The van der Waals surface area contributed by atoms with Gasteiger partial charge >= 0.3 is 0 Å². The van der Waals surface area contributed by atoms with E-state index in [1.165, 1.54) is 18.3 Å². The molecule has 0 atom stereocenters. The highest BCUT2D eigenvalue weighted by Crippen LogP contribution is 2.34. The van der Waals surface area contributed by atoms with Crippen LogP contribution in [0.25, 0.3) is 16.2 Å². The zero-order valence-corrected chi connectivity index (χ0v) is 18.7. The Morgan fingerprint density at radius 1 is 1.06 bits per heavy atom. The third-order valence-corrected chi connectivity index (χ3v) is 5.66. The molecule has 4 aromatic rings. The van der Waals surface area contributed by atoms with E-state index < -0.39 is 0 Å². The number of aromatic nitrogens is 2. The number of methoxy groups -OCH3 is 2. The summed E-state index contributed by atoms with van der Waals surface area (Å²) in [7, 11) is 3.22. The summed E-state index contributed by atoms with van der Waals surface area (Å²) in [6.07, 6.45) is 2.07. The quantitative estimate of drug-likeness (QED) is 0.440. The molecule has 0 aliphatic carbocycles. The van der Waals surface area contributed by atoms with E-state index in [4.69, 9.17) is 14.5 Å². The molecule has 0 bridgehead atoms. The number of fused-ring (bicyclic) bond motifs is 1. The Kier molecular flexibility index (Phi) is 6.09. The molecule has 164 valence electrons. The molecular formula is C23H22N4O4S. The van der Waals surface area contributed by atoms with Crippen molar-refractivity contribution >= 4 is 39.5 Å². The Labute approximate surface area is 188 Å². The molecule has 0 saturated heterocycles. The number of nitrogens with zero attached hydrogens (tertiary/aromatic N) is 2. The molecule has 4 rings (SSSR count). The van der Waals surface area contributed by atoms with Crippen LogP contribution in [0.5, 0.6) is 11.5 Å². The Morgan fingerprint density at radius 3 is 2.56 bits per heavy atom. The molecule has 0 aliphatic rings. The number of ether oxygens (including phenoxy) is 2. The average molecular weight is 451 g/mol. The van der Waals surface area contributed by atoms with Gasteiger partial charge in [-0.05, 0) is 36.4 Å². The molecule has 2 aromatic heterocycles. The van der Waals surface area contributed by atoms with E-state index in [1.807, 2.05) is 34.2 Å². The van der Waals surface area contributed by atoms with Gasteiger partial charge in [0.25, 0.3) is 0 Å². The van der Waals surface area contributed by atoms with Gasteiger partial charge in [-0.1, -0.05) is 6.07 Å². The SMILES string of the molecule is COc1ccc(OC)c(-c2cn3c(CC(=O)Nc4cccc(NC(C)=O)c4)csc3n2)c1. The fourth-order valence-corrected chi connectivity index (χ4v) is 4.22. The number of carbonyl (C=O) groups is 2. The Bertz CT molecular complexity index is 1290. The number of hydrogen-bond acceptors (Lipinski definition) is 6. The minimum absolute atomic E-state index is 0.168. The number of benzene rings is 2. The highest BCUT2D eigenvalue weighted by Gasteiger charge is 2.16. The summed E-state index contributed by atoms with van der Waals surface area (Å²) in [5.74, 6) is 1.06. The van der Waals surface area contributed by atoms with E-state index in [9.17, 15) is 9.59 Å². The lowest BCUT2D eigenvalue weighted by molar-refractivity contribution is -0.116. The van der Waals surface area contributed by atoms with E-state index in [0.717, 1.165) is 21.9 Å². The fraction of sp³-hybridized carbons (Fsp3) is 0.174. The van der Waals surface area contributed by atoms with Crippen LogP contribution in [0.3, 0.4) is 0 Å². The molecule has 0 saturated carbocycles. The van der Waals surface area contributed by atoms with Gasteiger partial charge in [-0.3, -0.25) is 14.0 Å². The van der Waals surface area contributed by atoms with Gasteiger partial charge in [-0.15, -0.1) is 11.3 Å². The van der Waals surface area contributed by atoms with Crippen LogP contribution in [0.1, 0.15) is 12.6 Å². The number of imidazole rings is 1. The van der Waals surface area contributed by atoms with Crippen LogP contribution in [-0.2, 0) is 16.0 Å². The van der Waals surface area contributed by atoms with Crippen LogP contribution < -0.4 is 20.1 Å². The third-order valence-electron chi connectivity index (χ3n) is 4.77. The topological polar surface area (TPSA) is 94.0 Å². The first-order valence-electron chi connectivity index (χ1n) is 9.82.